The Morgan fingerprint density at radius 1 is 1.21 bits per heavy atom. The van der Waals surface area contributed by atoms with Crippen molar-refractivity contribution in [2.24, 2.45) is 11.8 Å². The van der Waals surface area contributed by atoms with Crippen LogP contribution in [0.4, 0.5) is 5.82 Å². The first-order chi connectivity index (χ1) is 13.7. The van der Waals surface area contributed by atoms with Gasteiger partial charge in [-0.3, -0.25) is 18.9 Å². The third kappa shape index (κ3) is 3.71. The Balaban J connectivity index is 1.93. The molecular weight excluding hydrogens is 404 g/mol. The molecule has 6 nitrogen and oxygen atoms in total. The number of carbonyl (C=O) groups is 1. The molecule has 4 rings (SSSR count). The zero-order chi connectivity index (χ0) is 20.9. The highest BCUT2D eigenvalue weighted by molar-refractivity contribution is 8.26. The molecule has 29 heavy (non-hydrogen) atoms. The van der Waals surface area contributed by atoms with Crippen molar-refractivity contribution in [3.63, 3.8) is 0 Å². The van der Waals surface area contributed by atoms with Gasteiger partial charge in [-0.2, -0.15) is 0 Å². The summed E-state index contributed by atoms with van der Waals surface area (Å²) in [6, 6.07) is 3.82. The van der Waals surface area contributed by atoms with Gasteiger partial charge in [-0.15, -0.1) is 0 Å². The van der Waals surface area contributed by atoms with Gasteiger partial charge in [0.15, 0.2) is 0 Å². The Labute approximate surface area is 179 Å². The van der Waals surface area contributed by atoms with E-state index in [0.717, 1.165) is 25.1 Å². The second kappa shape index (κ2) is 7.57. The molecule has 4 heterocycles. The maximum atomic E-state index is 13.4. The minimum absolute atomic E-state index is 0.166. The Morgan fingerprint density at radius 3 is 2.52 bits per heavy atom. The second-order valence-corrected chi connectivity index (χ2v) is 9.86. The second-order valence-electron chi connectivity index (χ2n) is 8.18. The summed E-state index contributed by atoms with van der Waals surface area (Å²) in [5.74, 6) is 1.50. The van der Waals surface area contributed by atoms with E-state index in [4.69, 9.17) is 17.2 Å². The molecule has 0 unspecified atom stereocenters. The number of aromatic nitrogens is 2. The summed E-state index contributed by atoms with van der Waals surface area (Å²) < 4.78 is 2.06. The van der Waals surface area contributed by atoms with Crippen LogP contribution in [0.5, 0.6) is 0 Å². The summed E-state index contributed by atoms with van der Waals surface area (Å²) in [5, 5.41) is 0. The molecule has 0 saturated carbocycles. The Hall–Kier alpha value is -2.19. The van der Waals surface area contributed by atoms with Crippen molar-refractivity contribution in [2.75, 3.05) is 25.0 Å². The van der Waals surface area contributed by atoms with E-state index in [1.54, 1.807) is 23.7 Å². The molecule has 2 aliphatic rings. The molecule has 2 fully saturated rings. The molecule has 0 aliphatic carbocycles. The molecular formula is C21H24N4O2S2. The number of pyridine rings is 1. The van der Waals surface area contributed by atoms with E-state index in [0.29, 0.717) is 38.1 Å². The van der Waals surface area contributed by atoms with Crippen molar-refractivity contribution in [3.05, 3.63) is 44.7 Å². The number of aryl methyl sites for hydroxylation is 1. The SMILES string of the molecule is Cc1ccc2nc(N3C[C@H](C)C[C@H](C)C3)c(/C=C3\SC(=S)N(C)C3=O)c(=O)n2c1. The number of thiocarbonyl (C=S) groups is 1. The van der Waals surface area contributed by atoms with E-state index in [-0.39, 0.29) is 11.5 Å². The molecule has 1 amide bonds. The first kappa shape index (κ1) is 20.1. The van der Waals surface area contributed by atoms with Crippen molar-refractivity contribution in [1.82, 2.24) is 14.3 Å². The van der Waals surface area contributed by atoms with Crippen LogP contribution in [0.25, 0.3) is 11.7 Å². The summed E-state index contributed by atoms with van der Waals surface area (Å²) in [6.07, 6.45) is 4.62. The van der Waals surface area contributed by atoms with Crippen LogP contribution in [0.3, 0.4) is 0 Å². The fraction of sp³-hybridized carbons (Fsp3) is 0.429. The number of carbonyl (C=O) groups excluding carboxylic acids is 1. The monoisotopic (exact) mass is 428 g/mol. The van der Waals surface area contributed by atoms with Crippen molar-refractivity contribution in [3.8, 4) is 0 Å². The molecule has 2 aromatic heterocycles. The molecule has 0 N–H and O–H groups in total. The molecule has 0 bridgehead atoms. The number of piperidine rings is 1. The average molecular weight is 429 g/mol. The topological polar surface area (TPSA) is 57.9 Å². The molecule has 0 aromatic carbocycles. The van der Waals surface area contributed by atoms with Gasteiger partial charge in [-0.1, -0.05) is 43.9 Å². The average Bonchev–Trinajstić information content (AvgIpc) is 2.90. The zero-order valence-corrected chi connectivity index (χ0v) is 18.6. The fourth-order valence-corrected chi connectivity index (χ4v) is 5.29. The van der Waals surface area contributed by atoms with Crippen LogP contribution in [-0.4, -0.2) is 44.6 Å². The van der Waals surface area contributed by atoms with E-state index in [1.807, 2.05) is 19.1 Å². The largest absolute Gasteiger partial charge is 0.355 e. The summed E-state index contributed by atoms with van der Waals surface area (Å²) in [6.45, 7) is 8.07. The first-order valence-corrected chi connectivity index (χ1v) is 11.0. The number of hydrogen-bond acceptors (Lipinski definition) is 6. The van der Waals surface area contributed by atoms with Crippen molar-refractivity contribution < 1.29 is 4.79 Å². The van der Waals surface area contributed by atoms with Gasteiger partial charge >= 0.3 is 0 Å². The molecule has 2 aromatic rings. The maximum absolute atomic E-state index is 13.4. The number of anilines is 1. The smallest absolute Gasteiger partial charge is 0.267 e. The van der Waals surface area contributed by atoms with Crippen LogP contribution in [0.1, 0.15) is 31.4 Å². The van der Waals surface area contributed by atoms with Gasteiger partial charge in [0, 0.05) is 26.3 Å². The predicted molar refractivity (Wildman–Crippen MR) is 122 cm³/mol. The van der Waals surface area contributed by atoms with Gasteiger partial charge in [-0.25, -0.2) is 4.98 Å². The van der Waals surface area contributed by atoms with Crippen molar-refractivity contribution in [2.45, 2.75) is 27.2 Å². The molecule has 8 heteroatoms. The van der Waals surface area contributed by atoms with Crippen LogP contribution in [0.15, 0.2) is 28.0 Å². The van der Waals surface area contributed by atoms with Gasteiger partial charge in [0.2, 0.25) is 0 Å². The number of nitrogens with zero attached hydrogens (tertiary/aromatic N) is 4. The lowest BCUT2D eigenvalue weighted by molar-refractivity contribution is -0.121. The van der Waals surface area contributed by atoms with Crippen LogP contribution in [0.2, 0.25) is 0 Å². The molecule has 152 valence electrons. The Bertz CT molecular complexity index is 1100. The minimum atomic E-state index is -0.180. The lowest BCUT2D eigenvalue weighted by atomic mass is 9.91. The van der Waals surface area contributed by atoms with Crippen molar-refractivity contribution in [1.29, 1.82) is 0 Å². The van der Waals surface area contributed by atoms with Crippen LogP contribution >= 0.6 is 24.0 Å². The van der Waals surface area contributed by atoms with Gasteiger partial charge in [0.1, 0.15) is 15.8 Å². The normalized spacial score (nSPS) is 24.2. The number of thioether (sulfide) groups is 1. The number of likely N-dealkylation sites (N-methyl/N-ethyl adjacent to an activating group) is 1. The third-order valence-corrected chi connectivity index (χ3v) is 6.90. The van der Waals surface area contributed by atoms with Crippen LogP contribution < -0.4 is 10.5 Å². The van der Waals surface area contributed by atoms with E-state index in [1.165, 1.54) is 16.7 Å². The summed E-state index contributed by atoms with van der Waals surface area (Å²) in [5.41, 5.74) is 1.87. The van der Waals surface area contributed by atoms with E-state index in [2.05, 4.69) is 18.7 Å². The Morgan fingerprint density at radius 2 is 1.90 bits per heavy atom. The number of fused-ring (bicyclic) bond motifs is 1. The number of rotatable bonds is 2. The summed E-state index contributed by atoms with van der Waals surface area (Å²) in [7, 11) is 1.66. The van der Waals surface area contributed by atoms with Gasteiger partial charge in [-0.05, 0) is 42.9 Å². The molecule has 2 atom stereocenters. The van der Waals surface area contributed by atoms with Crippen LogP contribution in [0, 0.1) is 18.8 Å². The standard InChI is InChI=1S/C21H24N4O2S2/c1-12-5-6-17-22-18(24-9-13(2)7-14(3)10-24)15(19(26)25(17)11-12)8-16-20(27)23(4)21(28)29-16/h5-6,8,11,13-14H,7,9-10H2,1-4H3/b16-8-/t13-,14+. The first-order valence-electron chi connectivity index (χ1n) is 9.74. The highest BCUT2D eigenvalue weighted by Gasteiger charge is 2.31. The molecule has 0 spiro atoms. The fourth-order valence-electron chi connectivity index (χ4n) is 4.13. The van der Waals surface area contributed by atoms with Crippen LogP contribution in [-0.2, 0) is 4.79 Å². The summed E-state index contributed by atoms with van der Waals surface area (Å²) in [4.78, 5) is 34.9. The zero-order valence-electron chi connectivity index (χ0n) is 17.0. The molecule has 0 radical (unpaired) electrons. The Kier molecular flexibility index (Phi) is 5.25. The highest BCUT2D eigenvalue weighted by Crippen LogP contribution is 2.33. The van der Waals surface area contributed by atoms with E-state index in [9.17, 15) is 9.59 Å². The van der Waals surface area contributed by atoms with E-state index >= 15 is 0 Å². The maximum Gasteiger partial charge on any atom is 0.267 e. The molecule has 2 saturated heterocycles. The van der Waals surface area contributed by atoms with E-state index < -0.39 is 0 Å². The van der Waals surface area contributed by atoms with Gasteiger partial charge < -0.3 is 4.90 Å². The lowest BCUT2D eigenvalue weighted by Gasteiger charge is -2.36. The minimum Gasteiger partial charge on any atom is -0.355 e. The van der Waals surface area contributed by atoms with Crippen molar-refractivity contribution >= 4 is 51.7 Å². The number of amides is 1. The lowest BCUT2D eigenvalue weighted by Crippen LogP contribution is -2.40. The van der Waals surface area contributed by atoms with Gasteiger partial charge in [0.25, 0.3) is 11.5 Å². The quantitative estimate of drug-likeness (QED) is 0.540. The highest BCUT2D eigenvalue weighted by atomic mass is 32.2. The number of hydrogen-bond donors (Lipinski definition) is 0. The third-order valence-electron chi connectivity index (χ3n) is 5.42. The predicted octanol–water partition coefficient (Wildman–Crippen LogP) is 3.32. The summed E-state index contributed by atoms with van der Waals surface area (Å²) >= 11 is 6.47. The van der Waals surface area contributed by atoms with Gasteiger partial charge in [0.05, 0.1) is 10.5 Å². The molecule has 2 aliphatic heterocycles.